The molecule has 0 bridgehead atoms. The first kappa shape index (κ1) is 13.2. The van der Waals surface area contributed by atoms with Crippen LogP contribution in [0.4, 0.5) is 4.39 Å². The van der Waals surface area contributed by atoms with E-state index in [9.17, 15) is 9.18 Å². The van der Waals surface area contributed by atoms with Crippen LogP contribution in [-0.2, 0) is 16.1 Å². The summed E-state index contributed by atoms with van der Waals surface area (Å²) in [6, 6.07) is 6.72. The lowest BCUT2D eigenvalue weighted by Crippen LogP contribution is -2.36. The maximum absolute atomic E-state index is 13.5. The minimum absolute atomic E-state index is 0.0736. The zero-order valence-electron chi connectivity index (χ0n) is 10.6. The third kappa shape index (κ3) is 3.37. The van der Waals surface area contributed by atoms with E-state index in [0.717, 1.165) is 0 Å². The Labute approximate surface area is 107 Å². The van der Waals surface area contributed by atoms with Crippen molar-refractivity contribution in [2.45, 2.75) is 13.0 Å². The molecule has 0 radical (unpaired) electrons. The summed E-state index contributed by atoms with van der Waals surface area (Å²) in [5.74, 6) is -0.0206. The van der Waals surface area contributed by atoms with Crippen molar-refractivity contribution in [1.29, 1.82) is 0 Å². The molecule has 18 heavy (non-hydrogen) atoms. The number of nitrogens with zero attached hydrogens (tertiary/aromatic N) is 1. The van der Waals surface area contributed by atoms with Crippen LogP contribution in [0.2, 0.25) is 0 Å². The fourth-order valence-electron chi connectivity index (χ4n) is 2.21. The summed E-state index contributed by atoms with van der Waals surface area (Å²) in [6.07, 6.45) is 0.498. The van der Waals surface area contributed by atoms with Crippen LogP contribution >= 0.6 is 0 Å². The quantitative estimate of drug-likeness (QED) is 0.818. The fraction of sp³-hybridized carbons (Fsp3) is 0.500. The predicted octanol–water partition coefficient (Wildman–Crippen LogP) is 1.86. The molecular formula is C14H18FNO2. The highest BCUT2D eigenvalue weighted by atomic mass is 19.1. The molecule has 0 saturated carbocycles. The maximum Gasteiger partial charge on any atom is 0.141 e. The highest BCUT2D eigenvalue weighted by molar-refractivity contribution is 5.82. The molecule has 1 aliphatic rings. The van der Waals surface area contributed by atoms with Gasteiger partial charge in [0.15, 0.2) is 0 Å². The summed E-state index contributed by atoms with van der Waals surface area (Å²) in [5, 5.41) is 0. The van der Waals surface area contributed by atoms with Crippen LogP contribution in [0, 0.1) is 11.7 Å². The minimum atomic E-state index is -0.199. The average molecular weight is 251 g/mol. The summed E-state index contributed by atoms with van der Waals surface area (Å²) in [4.78, 5) is 13.6. The number of hydrogen-bond donors (Lipinski definition) is 0. The van der Waals surface area contributed by atoms with E-state index in [1.165, 1.54) is 6.07 Å². The second-order valence-corrected chi connectivity index (χ2v) is 4.78. The molecule has 1 aromatic rings. The Morgan fingerprint density at radius 1 is 1.44 bits per heavy atom. The Hall–Kier alpha value is -1.26. The van der Waals surface area contributed by atoms with E-state index in [1.54, 1.807) is 12.1 Å². The highest BCUT2D eigenvalue weighted by Crippen LogP contribution is 2.14. The third-order valence-corrected chi connectivity index (χ3v) is 3.20. The maximum atomic E-state index is 13.5. The van der Waals surface area contributed by atoms with Crippen LogP contribution in [0.25, 0.3) is 0 Å². The van der Waals surface area contributed by atoms with E-state index in [1.807, 2.05) is 18.0 Å². The van der Waals surface area contributed by atoms with Crippen LogP contribution in [0.5, 0.6) is 0 Å². The Balaban J connectivity index is 1.90. The molecule has 4 heteroatoms. The van der Waals surface area contributed by atoms with Crippen molar-refractivity contribution in [1.82, 2.24) is 4.90 Å². The average Bonchev–Trinajstić information content (AvgIpc) is 2.35. The zero-order chi connectivity index (χ0) is 13.0. The Kier molecular flexibility index (Phi) is 4.44. The molecule has 1 heterocycles. The van der Waals surface area contributed by atoms with E-state index < -0.39 is 0 Å². The van der Waals surface area contributed by atoms with Crippen LogP contribution in [0.15, 0.2) is 24.3 Å². The van der Waals surface area contributed by atoms with Gasteiger partial charge in [0.2, 0.25) is 0 Å². The molecule has 1 aromatic carbocycles. The fourth-order valence-corrected chi connectivity index (χ4v) is 2.21. The topological polar surface area (TPSA) is 29.5 Å². The number of hydrogen-bond acceptors (Lipinski definition) is 3. The summed E-state index contributed by atoms with van der Waals surface area (Å²) in [7, 11) is 1.90. The number of ether oxygens (including phenoxy) is 1. The molecule has 3 nitrogen and oxygen atoms in total. The summed E-state index contributed by atoms with van der Waals surface area (Å²) in [6.45, 7) is 2.15. The van der Waals surface area contributed by atoms with E-state index in [4.69, 9.17) is 4.74 Å². The zero-order valence-corrected chi connectivity index (χ0v) is 10.6. The Bertz CT molecular complexity index is 422. The molecule has 0 spiro atoms. The molecule has 0 aliphatic carbocycles. The second kappa shape index (κ2) is 6.07. The number of carbonyl (C=O) groups excluding carboxylic acids is 1. The molecule has 1 aliphatic heterocycles. The number of rotatable bonds is 4. The van der Waals surface area contributed by atoms with Gasteiger partial charge in [-0.3, -0.25) is 4.79 Å². The molecule has 2 rings (SSSR count). The van der Waals surface area contributed by atoms with E-state index >= 15 is 0 Å². The predicted molar refractivity (Wildman–Crippen MR) is 66.7 cm³/mol. The lowest BCUT2D eigenvalue weighted by atomic mass is 10.00. The standard InChI is InChI=1S/C14H18FNO2/c1-16(8-11-4-2-3-5-13(11)15)9-12-10-18-7-6-14(12)17/h2-5,12H,6-10H2,1H3. The molecule has 1 saturated heterocycles. The van der Waals surface area contributed by atoms with Gasteiger partial charge in [0.25, 0.3) is 0 Å². The molecule has 98 valence electrons. The number of carbonyl (C=O) groups is 1. The molecule has 0 aromatic heterocycles. The van der Waals surface area contributed by atoms with E-state index in [2.05, 4.69) is 0 Å². The largest absolute Gasteiger partial charge is 0.380 e. The number of halogens is 1. The van der Waals surface area contributed by atoms with Gasteiger partial charge in [0.05, 0.1) is 19.1 Å². The van der Waals surface area contributed by atoms with E-state index in [-0.39, 0.29) is 17.5 Å². The smallest absolute Gasteiger partial charge is 0.141 e. The van der Waals surface area contributed by atoms with Gasteiger partial charge in [-0.1, -0.05) is 18.2 Å². The number of Topliss-reactive ketones (excluding diaryl/α,β-unsaturated/α-hetero) is 1. The lowest BCUT2D eigenvalue weighted by molar-refractivity contribution is -0.131. The first-order chi connectivity index (χ1) is 8.66. The van der Waals surface area contributed by atoms with Gasteiger partial charge in [-0.2, -0.15) is 0 Å². The van der Waals surface area contributed by atoms with Gasteiger partial charge in [-0.25, -0.2) is 4.39 Å². The Morgan fingerprint density at radius 3 is 2.94 bits per heavy atom. The van der Waals surface area contributed by atoms with Crippen molar-refractivity contribution in [2.75, 3.05) is 26.8 Å². The molecule has 1 fully saturated rings. The first-order valence-corrected chi connectivity index (χ1v) is 6.19. The van der Waals surface area contributed by atoms with Crippen molar-refractivity contribution in [3.63, 3.8) is 0 Å². The molecule has 1 atom stereocenters. The normalized spacial score (nSPS) is 20.4. The van der Waals surface area contributed by atoms with Crippen LogP contribution in [0.1, 0.15) is 12.0 Å². The molecule has 1 unspecified atom stereocenters. The third-order valence-electron chi connectivity index (χ3n) is 3.20. The Morgan fingerprint density at radius 2 is 2.22 bits per heavy atom. The first-order valence-electron chi connectivity index (χ1n) is 6.19. The van der Waals surface area contributed by atoms with E-state index in [0.29, 0.717) is 38.3 Å². The van der Waals surface area contributed by atoms with Crippen LogP contribution < -0.4 is 0 Å². The van der Waals surface area contributed by atoms with Gasteiger partial charge < -0.3 is 9.64 Å². The molecular weight excluding hydrogens is 233 g/mol. The van der Waals surface area contributed by atoms with Crippen molar-refractivity contribution >= 4 is 5.78 Å². The van der Waals surface area contributed by atoms with Gasteiger partial charge in [-0.05, 0) is 13.1 Å². The summed E-state index contributed by atoms with van der Waals surface area (Å²) in [5.41, 5.74) is 0.657. The van der Waals surface area contributed by atoms with Crippen molar-refractivity contribution in [3.05, 3.63) is 35.6 Å². The monoisotopic (exact) mass is 251 g/mol. The number of benzene rings is 1. The van der Waals surface area contributed by atoms with Crippen molar-refractivity contribution < 1.29 is 13.9 Å². The number of ketones is 1. The molecule has 0 N–H and O–H groups in total. The lowest BCUT2D eigenvalue weighted by Gasteiger charge is -2.26. The second-order valence-electron chi connectivity index (χ2n) is 4.78. The van der Waals surface area contributed by atoms with Crippen LogP contribution in [0.3, 0.4) is 0 Å². The van der Waals surface area contributed by atoms with Crippen molar-refractivity contribution in [3.8, 4) is 0 Å². The highest BCUT2D eigenvalue weighted by Gasteiger charge is 2.24. The van der Waals surface area contributed by atoms with Crippen molar-refractivity contribution in [2.24, 2.45) is 5.92 Å². The van der Waals surface area contributed by atoms with Gasteiger partial charge in [0.1, 0.15) is 11.6 Å². The van der Waals surface area contributed by atoms with Crippen LogP contribution in [-0.4, -0.2) is 37.5 Å². The minimum Gasteiger partial charge on any atom is -0.380 e. The van der Waals surface area contributed by atoms with Gasteiger partial charge in [-0.15, -0.1) is 0 Å². The van der Waals surface area contributed by atoms with Gasteiger partial charge in [0, 0.05) is 25.1 Å². The summed E-state index contributed by atoms with van der Waals surface area (Å²) >= 11 is 0. The molecule has 0 amide bonds. The summed E-state index contributed by atoms with van der Waals surface area (Å²) < 4.78 is 18.8. The SMILES string of the molecule is CN(Cc1ccccc1F)CC1COCCC1=O. The van der Waals surface area contributed by atoms with Gasteiger partial charge >= 0.3 is 0 Å².